The SMILES string of the molecule is COc1cccc([C@H]2CC3CCC2C3)c1C(C)=O. The zero-order valence-corrected chi connectivity index (χ0v) is 11.1. The normalized spacial score (nSPS) is 29.6. The summed E-state index contributed by atoms with van der Waals surface area (Å²) in [5.41, 5.74) is 2.05. The van der Waals surface area contributed by atoms with Crippen molar-refractivity contribution < 1.29 is 9.53 Å². The van der Waals surface area contributed by atoms with Gasteiger partial charge in [-0.1, -0.05) is 18.6 Å². The molecule has 2 unspecified atom stereocenters. The zero-order valence-electron chi connectivity index (χ0n) is 11.1. The zero-order chi connectivity index (χ0) is 12.7. The Labute approximate surface area is 108 Å². The van der Waals surface area contributed by atoms with Crippen LogP contribution in [0.2, 0.25) is 0 Å². The fourth-order valence-corrected chi connectivity index (χ4v) is 4.03. The Morgan fingerprint density at radius 1 is 1.28 bits per heavy atom. The molecule has 2 aliphatic rings. The van der Waals surface area contributed by atoms with Crippen LogP contribution < -0.4 is 4.74 Å². The molecule has 2 saturated carbocycles. The maximum atomic E-state index is 11.9. The average molecular weight is 244 g/mol. The van der Waals surface area contributed by atoms with Crippen molar-refractivity contribution in [1.82, 2.24) is 0 Å². The summed E-state index contributed by atoms with van der Waals surface area (Å²) in [5.74, 6) is 3.14. The number of hydrogen-bond donors (Lipinski definition) is 0. The van der Waals surface area contributed by atoms with E-state index in [1.165, 1.54) is 31.2 Å². The summed E-state index contributed by atoms with van der Waals surface area (Å²) in [6.07, 6.45) is 5.35. The molecule has 1 aromatic carbocycles. The van der Waals surface area contributed by atoms with E-state index in [1.807, 2.05) is 12.1 Å². The molecule has 0 aliphatic heterocycles. The van der Waals surface area contributed by atoms with E-state index in [9.17, 15) is 4.79 Å². The molecule has 0 aromatic heterocycles. The molecule has 96 valence electrons. The largest absolute Gasteiger partial charge is 0.496 e. The lowest BCUT2D eigenvalue weighted by atomic mass is 9.80. The van der Waals surface area contributed by atoms with Gasteiger partial charge in [-0.15, -0.1) is 0 Å². The topological polar surface area (TPSA) is 26.3 Å². The van der Waals surface area contributed by atoms with Crippen LogP contribution in [-0.2, 0) is 0 Å². The van der Waals surface area contributed by atoms with Gasteiger partial charge in [0.2, 0.25) is 0 Å². The first kappa shape index (κ1) is 11.8. The minimum absolute atomic E-state index is 0.130. The fraction of sp³-hybridized carbons (Fsp3) is 0.562. The van der Waals surface area contributed by atoms with Crippen molar-refractivity contribution in [3.05, 3.63) is 29.3 Å². The summed E-state index contributed by atoms with van der Waals surface area (Å²) >= 11 is 0. The van der Waals surface area contributed by atoms with Crippen molar-refractivity contribution in [1.29, 1.82) is 0 Å². The molecule has 0 radical (unpaired) electrons. The highest BCUT2D eigenvalue weighted by Crippen LogP contribution is 2.53. The van der Waals surface area contributed by atoms with Crippen LogP contribution in [0.3, 0.4) is 0 Å². The molecule has 3 rings (SSSR count). The van der Waals surface area contributed by atoms with Crippen LogP contribution in [0, 0.1) is 11.8 Å². The number of ketones is 1. The van der Waals surface area contributed by atoms with Crippen LogP contribution in [-0.4, -0.2) is 12.9 Å². The number of Topliss-reactive ketones (excluding diaryl/α,β-unsaturated/α-hetero) is 1. The number of carbonyl (C=O) groups is 1. The summed E-state index contributed by atoms with van der Waals surface area (Å²) in [6, 6.07) is 6.05. The third kappa shape index (κ3) is 1.75. The van der Waals surface area contributed by atoms with Gasteiger partial charge in [0.15, 0.2) is 5.78 Å². The number of rotatable bonds is 3. The van der Waals surface area contributed by atoms with E-state index in [-0.39, 0.29) is 5.78 Å². The summed E-state index contributed by atoms with van der Waals surface area (Å²) in [4.78, 5) is 11.9. The highest BCUT2D eigenvalue weighted by atomic mass is 16.5. The molecule has 0 amide bonds. The van der Waals surface area contributed by atoms with Gasteiger partial charge >= 0.3 is 0 Å². The van der Waals surface area contributed by atoms with Gasteiger partial charge in [0.1, 0.15) is 5.75 Å². The van der Waals surface area contributed by atoms with Crippen molar-refractivity contribution in [2.24, 2.45) is 11.8 Å². The molecular weight excluding hydrogens is 224 g/mol. The Kier molecular flexibility index (Phi) is 2.89. The molecule has 2 nitrogen and oxygen atoms in total. The number of carbonyl (C=O) groups excluding carboxylic acids is 1. The van der Waals surface area contributed by atoms with Gasteiger partial charge in [0.05, 0.1) is 12.7 Å². The number of hydrogen-bond acceptors (Lipinski definition) is 2. The van der Waals surface area contributed by atoms with Gasteiger partial charge in [0.25, 0.3) is 0 Å². The molecule has 0 N–H and O–H groups in total. The predicted molar refractivity (Wildman–Crippen MR) is 71.2 cm³/mol. The van der Waals surface area contributed by atoms with Crippen LogP contribution in [0.25, 0.3) is 0 Å². The Bertz CT molecular complexity index is 478. The summed E-state index contributed by atoms with van der Waals surface area (Å²) in [5, 5.41) is 0. The molecule has 0 heterocycles. The maximum Gasteiger partial charge on any atom is 0.163 e. The van der Waals surface area contributed by atoms with Crippen molar-refractivity contribution in [2.75, 3.05) is 7.11 Å². The second kappa shape index (κ2) is 4.42. The van der Waals surface area contributed by atoms with Gasteiger partial charge in [-0.2, -0.15) is 0 Å². The lowest BCUT2D eigenvalue weighted by Crippen LogP contribution is -2.13. The molecule has 2 aliphatic carbocycles. The van der Waals surface area contributed by atoms with Crippen molar-refractivity contribution >= 4 is 5.78 Å². The second-order valence-corrected chi connectivity index (χ2v) is 5.76. The van der Waals surface area contributed by atoms with Crippen molar-refractivity contribution in [3.8, 4) is 5.75 Å². The van der Waals surface area contributed by atoms with E-state index in [4.69, 9.17) is 4.74 Å². The monoisotopic (exact) mass is 244 g/mol. The highest BCUT2D eigenvalue weighted by molar-refractivity contribution is 5.98. The number of ether oxygens (including phenoxy) is 1. The van der Waals surface area contributed by atoms with E-state index in [0.29, 0.717) is 5.92 Å². The van der Waals surface area contributed by atoms with E-state index in [2.05, 4.69) is 6.07 Å². The maximum absolute atomic E-state index is 11.9. The molecule has 1 aromatic rings. The predicted octanol–water partition coefficient (Wildman–Crippen LogP) is 3.80. The molecule has 2 bridgehead atoms. The Morgan fingerprint density at radius 2 is 2.11 bits per heavy atom. The third-order valence-electron chi connectivity index (χ3n) is 4.77. The Hall–Kier alpha value is -1.31. The Morgan fingerprint density at radius 3 is 2.67 bits per heavy atom. The van der Waals surface area contributed by atoms with Gasteiger partial charge in [-0.25, -0.2) is 0 Å². The summed E-state index contributed by atoms with van der Waals surface area (Å²) < 4.78 is 5.37. The van der Waals surface area contributed by atoms with E-state index in [1.54, 1.807) is 14.0 Å². The summed E-state index contributed by atoms with van der Waals surface area (Å²) in [6.45, 7) is 1.65. The van der Waals surface area contributed by atoms with Crippen LogP contribution in [0.1, 0.15) is 54.4 Å². The smallest absolute Gasteiger partial charge is 0.163 e. The molecule has 3 atom stereocenters. The third-order valence-corrected chi connectivity index (χ3v) is 4.77. The first-order valence-electron chi connectivity index (χ1n) is 6.88. The molecule has 0 saturated heterocycles. The first-order chi connectivity index (χ1) is 8.70. The number of benzene rings is 1. The standard InChI is InChI=1S/C16H20O2/c1-10(17)16-13(4-3-5-15(16)18-2)14-9-11-6-7-12(14)8-11/h3-5,11-12,14H,6-9H2,1-2H3/t11?,12?,14-/m0/s1. The van der Waals surface area contributed by atoms with Crippen LogP contribution in [0.5, 0.6) is 5.75 Å². The van der Waals surface area contributed by atoms with Gasteiger partial charge in [0, 0.05) is 0 Å². The molecular formula is C16H20O2. The van der Waals surface area contributed by atoms with Gasteiger partial charge < -0.3 is 4.74 Å². The highest BCUT2D eigenvalue weighted by Gasteiger charge is 2.41. The second-order valence-electron chi connectivity index (χ2n) is 5.76. The quantitative estimate of drug-likeness (QED) is 0.756. The lowest BCUT2D eigenvalue weighted by molar-refractivity contribution is 0.101. The molecule has 18 heavy (non-hydrogen) atoms. The first-order valence-corrected chi connectivity index (χ1v) is 6.88. The fourth-order valence-electron chi connectivity index (χ4n) is 4.03. The van der Waals surface area contributed by atoms with Crippen LogP contribution >= 0.6 is 0 Å². The lowest BCUT2D eigenvalue weighted by Gasteiger charge is -2.24. The minimum Gasteiger partial charge on any atom is -0.496 e. The molecule has 2 fully saturated rings. The van der Waals surface area contributed by atoms with Crippen molar-refractivity contribution in [2.45, 2.75) is 38.5 Å². The number of methoxy groups -OCH3 is 1. The van der Waals surface area contributed by atoms with E-state index < -0.39 is 0 Å². The van der Waals surface area contributed by atoms with E-state index in [0.717, 1.165) is 23.1 Å². The van der Waals surface area contributed by atoms with Crippen LogP contribution in [0.15, 0.2) is 18.2 Å². The molecule has 2 heteroatoms. The molecule has 0 spiro atoms. The Balaban J connectivity index is 2.03. The minimum atomic E-state index is 0.130. The van der Waals surface area contributed by atoms with Gasteiger partial charge in [-0.05, 0) is 55.6 Å². The van der Waals surface area contributed by atoms with Gasteiger partial charge in [-0.3, -0.25) is 4.79 Å². The number of fused-ring (bicyclic) bond motifs is 2. The van der Waals surface area contributed by atoms with Crippen molar-refractivity contribution in [3.63, 3.8) is 0 Å². The average Bonchev–Trinajstić information content (AvgIpc) is 2.99. The summed E-state index contributed by atoms with van der Waals surface area (Å²) in [7, 11) is 1.65. The van der Waals surface area contributed by atoms with E-state index >= 15 is 0 Å². The van der Waals surface area contributed by atoms with Crippen LogP contribution in [0.4, 0.5) is 0 Å².